The molecule has 20 heavy (non-hydrogen) atoms. The number of rotatable bonds is 3. The predicted molar refractivity (Wildman–Crippen MR) is 65.9 cm³/mol. The van der Waals surface area contributed by atoms with Crippen LogP contribution in [0.5, 0.6) is 0 Å². The molecular formula is C11H6BrF3N2O3. The fourth-order valence-corrected chi connectivity index (χ4v) is 1.84. The average molecular weight is 351 g/mol. The Morgan fingerprint density at radius 3 is 2.65 bits per heavy atom. The second kappa shape index (κ2) is 5.16. The van der Waals surface area contributed by atoms with Crippen molar-refractivity contribution >= 4 is 33.6 Å². The van der Waals surface area contributed by atoms with Crippen LogP contribution in [0.1, 0.15) is 16.1 Å². The highest BCUT2D eigenvalue weighted by Crippen LogP contribution is 2.36. The monoisotopic (exact) mass is 350 g/mol. The number of hydrogen-bond acceptors (Lipinski definition) is 4. The lowest BCUT2D eigenvalue weighted by Gasteiger charge is -2.11. The van der Waals surface area contributed by atoms with Crippen molar-refractivity contribution in [3.05, 3.63) is 40.2 Å². The molecule has 0 spiro atoms. The lowest BCUT2D eigenvalue weighted by Crippen LogP contribution is -2.06. The van der Waals surface area contributed by atoms with Gasteiger partial charge in [-0.15, -0.1) is 0 Å². The van der Waals surface area contributed by atoms with Crippen molar-refractivity contribution in [3.8, 4) is 0 Å². The molecule has 106 valence electrons. The van der Waals surface area contributed by atoms with Crippen molar-refractivity contribution in [2.24, 2.45) is 0 Å². The zero-order valence-electron chi connectivity index (χ0n) is 9.53. The minimum absolute atomic E-state index is 0.0688. The van der Waals surface area contributed by atoms with Crippen molar-refractivity contribution in [2.75, 3.05) is 5.32 Å². The van der Waals surface area contributed by atoms with Crippen LogP contribution in [0.3, 0.4) is 0 Å². The van der Waals surface area contributed by atoms with Crippen LogP contribution in [-0.2, 0) is 6.18 Å². The molecule has 0 unspecified atom stereocenters. The van der Waals surface area contributed by atoms with Gasteiger partial charge >= 0.3 is 12.1 Å². The molecule has 0 saturated heterocycles. The Bertz CT molecular complexity index is 655. The number of nitrogens with zero attached hydrogens (tertiary/aromatic N) is 1. The van der Waals surface area contributed by atoms with Gasteiger partial charge in [0.2, 0.25) is 0 Å². The van der Waals surface area contributed by atoms with E-state index in [1.807, 2.05) is 0 Å². The molecule has 2 aromatic rings. The molecule has 0 aliphatic heterocycles. The number of carboxylic acids is 1. The largest absolute Gasteiger partial charge is 0.476 e. The molecule has 1 heterocycles. The molecule has 0 saturated carbocycles. The van der Waals surface area contributed by atoms with Gasteiger partial charge in [-0.3, -0.25) is 0 Å². The minimum atomic E-state index is -4.51. The summed E-state index contributed by atoms with van der Waals surface area (Å²) in [5, 5.41) is 11.1. The van der Waals surface area contributed by atoms with E-state index in [1.165, 1.54) is 12.1 Å². The van der Waals surface area contributed by atoms with Crippen LogP contribution in [0.4, 0.5) is 24.9 Å². The highest BCUT2D eigenvalue weighted by Gasteiger charge is 2.33. The molecule has 9 heteroatoms. The molecule has 1 aromatic carbocycles. The summed E-state index contributed by atoms with van der Waals surface area (Å²) in [5.41, 5.74) is -1.15. The lowest BCUT2D eigenvalue weighted by atomic mass is 10.2. The van der Waals surface area contributed by atoms with Gasteiger partial charge in [-0.1, -0.05) is 15.9 Å². The van der Waals surface area contributed by atoms with E-state index in [0.717, 1.165) is 12.3 Å². The maximum Gasteiger partial charge on any atom is 0.417 e. The molecule has 1 aromatic heterocycles. The topological polar surface area (TPSA) is 75.4 Å². The lowest BCUT2D eigenvalue weighted by molar-refractivity contribution is -0.138. The fraction of sp³-hybridized carbons (Fsp3) is 0.0909. The Morgan fingerprint density at radius 2 is 2.10 bits per heavy atom. The van der Waals surface area contributed by atoms with Gasteiger partial charge in [0.15, 0.2) is 5.69 Å². The smallest absolute Gasteiger partial charge is 0.417 e. The molecular weight excluding hydrogens is 345 g/mol. The molecule has 2 rings (SSSR count). The van der Waals surface area contributed by atoms with E-state index in [0.29, 0.717) is 0 Å². The summed E-state index contributed by atoms with van der Waals surface area (Å²) in [4.78, 5) is 14.1. The van der Waals surface area contributed by atoms with Crippen LogP contribution in [-0.4, -0.2) is 16.1 Å². The highest BCUT2D eigenvalue weighted by atomic mass is 79.9. The predicted octanol–water partition coefficient (Wildman–Crippen LogP) is 3.90. The number of aromatic nitrogens is 1. The molecule has 0 aliphatic carbocycles. The van der Waals surface area contributed by atoms with Crippen molar-refractivity contribution in [3.63, 3.8) is 0 Å². The maximum atomic E-state index is 12.7. The number of carboxylic acid groups (broad SMARTS) is 1. The molecule has 0 fully saturated rings. The third-order valence-corrected chi connectivity index (χ3v) is 2.94. The zero-order chi connectivity index (χ0) is 14.9. The summed E-state index contributed by atoms with van der Waals surface area (Å²) in [6, 6.07) is 3.23. The third kappa shape index (κ3) is 3.10. The average Bonchev–Trinajstić information content (AvgIpc) is 2.79. The van der Waals surface area contributed by atoms with Gasteiger partial charge < -0.3 is 14.8 Å². The second-order valence-electron chi connectivity index (χ2n) is 3.66. The number of anilines is 2. The standard InChI is InChI=1S/C11H6BrF3N2O3/c12-7-2-1-5(3-6(7)11(13,14)15)16-10-17-8(4-20-10)9(18)19/h1-4H,(H,16,17)(H,18,19). The number of aromatic carboxylic acids is 1. The van der Waals surface area contributed by atoms with Crippen molar-refractivity contribution < 1.29 is 27.5 Å². The van der Waals surface area contributed by atoms with E-state index in [4.69, 9.17) is 9.52 Å². The molecule has 5 nitrogen and oxygen atoms in total. The van der Waals surface area contributed by atoms with Crippen LogP contribution in [0.15, 0.2) is 33.4 Å². The van der Waals surface area contributed by atoms with Crippen LogP contribution in [0.25, 0.3) is 0 Å². The third-order valence-electron chi connectivity index (χ3n) is 2.25. The van der Waals surface area contributed by atoms with Gasteiger partial charge in [0.05, 0.1) is 5.56 Å². The first-order valence-corrected chi connectivity index (χ1v) is 5.89. The van der Waals surface area contributed by atoms with Gasteiger partial charge in [0.25, 0.3) is 6.01 Å². The second-order valence-corrected chi connectivity index (χ2v) is 4.51. The summed E-state index contributed by atoms with van der Waals surface area (Å²) < 4.78 is 42.8. The fourth-order valence-electron chi connectivity index (χ4n) is 1.37. The van der Waals surface area contributed by atoms with Crippen LogP contribution >= 0.6 is 15.9 Å². The van der Waals surface area contributed by atoms with E-state index in [1.54, 1.807) is 0 Å². The maximum absolute atomic E-state index is 12.7. The van der Waals surface area contributed by atoms with Crippen LogP contribution in [0.2, 0.25) is 0 Å². The van der Waals surface area contributed by atoms with E-state index < -0.39 is 17.7 Å². The molecule has 2 N–H and O–H groups in total. The van der Waals surface area contributed by atoms with Crippen molar-refractivity contribution in [2.45, 2.75) is 6.18 Å². The highest BCUT2D eigenvalue weighted by molar-refractivity contribution is 9.10. The number of oxazole rings is 1. The van der Waals surface area contributed by atoms with Gasteiger partial charge in [0.1, 0.15) is 6.26 Å². The normalized spacial score (nSPS) is 11.4. The van der Waals surface area contributed by atoms with E-state index in [-0.39, 0.29) is 21.9 Å². The molecule has 0 aliphatic rings. The Balaban J connectivity index is 2.27. The van der Waals surface area contributed by atoms with Gasteiger partial charge in [-0.05, 0) is 18.2 Å². The molecule has 0 atom stereocenters. The summed E-state index contributed by atoms with van der Waals surface area (Å²) in [7, 11) is 0. The van der Waals surface area contributed by atoms with Crippen LogP contribution in [0, 0.1) is 0 Å². The summed E-state index contributed by atoms with van der Waals surface area (Å²) in [5.74, 6) is -1.30. The van der Waals surface area contributed by atoms with Gasteiger partial charge in [-0.25, -0.2) is 4.79 Å². The first-order valence-electron chi connectivity index (χ1n) is 5.10. The van der Waals surface area contributed by atoms with Gasteiger partial charge in [0, 0.05) is 10.2 Å². The van der Waals surface area contributed by atoms with Crippen molar-refractivity contribution in [1.82, 2.24) is 4.98 Å². The molecule has 0 amide bonds. The molecule has 0 bridgehead atoms. The quantitative estimate of drug-likeness (QED) is 0.877. The van der Waals surface area contributed by atoms with E-state index >= 15 is 0 Å². The Hall–Kier alpha value is -2.03. The number of carbonyl (C=O) groups is 1. The summed E-state index contributed by atoms with van der Waals surface area (Å²) in [6.45, 7) is 0. The number of benzene rings is 1. The number of nitrogens with one attached hydrogen (secondary N) is 1. The SMILES string of the molecule is O=C(O)c1coc(Nc2ccc(Br)c(C(F)(F)F)c2)n1. The number of hydrogen-bond donors (Lipinski definition) is 2. The Labute approximate surface area is 118 Å². The van der Waals surface area contributed by atoms with E-state index in [2.05, 4.69) is 26.2 Å². The van der Waals surface area contributed by atoms with Crippen molar-refractivity contribution in [1.29, 1.82) is 0 Å². The first-order chi connectivity index (χ1) is 9.27. The number of halogens is 4. The van der Waals surface area contributed by atoms with Gasteiger partial charge in [-0.2, -0.15) is 18.2 Å². The Morgan fingerprint density at radius 1 is 1.40 bits per heavy atom. The Kier molecular flexibility index (Phi) is 3.71. The summed E-state index contributed by atoms with van der Waals surface area (Å²) in [6.07, 6.45) is -3.63. The minimum Gasteiger partial charge on any atom is -0.476 e. The number of alkyl halides is 3. The van der Waals surface area contributed by atoms with E-state index in [9.17, 15) is 18.0 Å². The first kappa shape index (κ1) is 14.4. The van der Waals surface area contributed by atoms with Crippen LogP contribution < -0.4 is 5.32 Å². The molecule has 0 radical (unpaired) electrons. The summed E-state index contributed by atoms with van der Waals surface area (Å²) >= 11 is 2.81. The zero-order valence-corrected chi connectivity index (χ0v) is 11.1.